The molecule has 8 heteroatoms. The molecule has 166 valence electrons. The fourth-order valence-corrected chi connectivity index (χ4v) is 4.21. The second-order valence-electron chi connectivity index (χ2n) is 7.40. The number of Topliss-reactive ketones (excluding diaryl/α,β-unsaturated/α-hetero) is 1. The van der Waals surface area contributed by atoms with Crippen molar-refractivity contribution in [2.45, 2.75) is 18.6 Å². The Balaban J connectivity index is 1.56. The van der Waals surface area contributed by atoms with Crippen LogP contribution in [-0.4, -0.2) is 27.0 Å². The van der Waals surface area contributed by atoms with Crippen molar-refractivity contribution in [3.8, 4) is 0 Å². The number of thioether (sulfide) groups is 1. The third-order valence-corrected chi connectivity index (χ3v) is 6.22. The first kappa shape index (κ1) is 22.8. The molecule has 4 rings (SSSR count). The highest BCUT2D eigenvalue weighted by Gasteiger charge is 2.14. The second kappa shape index (κ2) is 10.0. The quantitative estimate of drug-likeness (QED) is 0.229. The molecule has 0 bridgehead atoms. The van der Waals surface area contributed by atoms with Crippen molar-refractivity contribution in [1.82, 2.24) is 9.55 Å². The number of para-hydroxylation sites is 1. The molecule has 0 unspecified atom stereocenters. The molecule has 1 aromatic heterocycles. The first-order chi connectivity index (χ1) is 15.9. The standard InChI is InChI=1S/C25H20ClN3O3S/c1-16(30)18-8-12-20(13-9-18)27-23(31)15-33-25-28-22-5-3-2-4-21(22)24(32)29(25)14-17-6-10-19(26)11-7-17/h2-13H,14-15H2,1H3,(H,27,31). The summed E-state index contributed by atoms with van der Waals surface area (Å²) in [7, 11) is 0. The zero-order chi connectivity index (χ0) is 23.4. The van der Waals surface area contributed by atoms with Crippen molar-refractivity contribution < 1.29 is 9.59 Å². The van der Waals surface area contributed by atoms with Crippen LogP contribution in [0, 0.1) is 0 Å². The van der Waals surface area contributed by atoms with Crippen molar-refractivity contribution in [3.05, 3.63) is 99.3 Å². The number of rotatable bonds is 7. The zero-order valence-corrected chi connectivity index (χ0v) is 19.3. The minimum Gasteiger partial charge on any atom is -0.325 e. The average Bonchev–Trinajstić information content (AvgIpc) is 2.81. The van der Waals surface area contributed by atoms with E-state index < -0.39 is 0 Å². The summed E-state index contributed by atoms with van der Waals surface area (Å²) in [5.74, 6) is -0.208. The van der Waals surface area contributed by atoms with Gasteiger partial charge in [0.1, 0.15) is 0 Å². The molecule has 33 heavy (non-hydrogen) atoms. The molecule has 1 N–H and O–H groups in total. The van der Waals surface area contributed by atoms with E-state index in [1.807, 2.05) is 18.2 Å². The first-order valence-corrected chi connectivity index (χ1v) is 11.5. The SMILES string of the molecule is CC(=O)c1ccc(NC(=O)CSc2nc3ccccc3c(=O)n2Cc2ccc(Cl)cc2)cc1. The number of nitrogens with zero attached hydrogens (tertiary/aromatic N) is 2. The van der Waals surface area contributed by atoms with Crippen LogP contribution in [0.25, 0.3) is 10.9 Å². The van der Waals surface area contributed by atoms with Crippen LogP contribution in [0.15, 0.2) is 82.7 Å². The van der Waals surface area contributed by atoms with Gasteiger partial charge >= 0.3 is 0 Å². The predicted octanol–water partition coefficient (Wildman–Crippen LogP) is 5.03. The Morgan fingerprint density at radius 3 is 2.39 bits per heavy atom. The number of benzene rings is 3. The van der Waals surface area contributed by atoms with E-state index in [0.29, 0.717) is 38.9 Å². The minimum atomic E-state index is -0.240. The van der Waals surface area contributed by atoms with E-state index in [0.717, 1.165) is 5.56 Å². The van der Waals surface area contributed by atoms with Crippen LogP contribution in [-0.2, 0) is 11.3 Å². The summed E-state index contributed by atoms with van der Waals surface area (Å²) in [6, 6.07) is 21.1. The maximum absolute atomic E-state index is 13.2. The highest BCUT2D eigenvalue weighted by molar-refractivity contribution is 7.99. The lowest BCUT2D eigenvalue weighted by molar-refractivity contribution is -0.113. The molecule has 1 amide bonds. The Kier molecular flexibility index (Phi) is 6.91. The van der Waals surface area contributed by atoms with Gasteiger partial charge in [-0.3, -0.25) is 19.0 Å². The fourth-order valence-electron chi connectivity index (χ4n) is 3.29. The first-order valence-electron chi connectivity index (χ1n) is 10.2. The Morgan fingerprint density at radius 2 is 1.70 bits per heavy atom. The number of anilines is 1. The topological polar surface area (TPSA) is 81.1 Å². The minimum absolute atomic E-state index is 0.0375. The molecule has 0 spiro atoms. The van der Waals surface area contributed by atoms with Crippen LogP contribution in [0.5, 0.6) is 0 Å². The van der Waals surface area contributed by atoms with E-state index in [-0.39, 0.29) is 23.0 Å². The van der Waals surface area contributed by atoms with E-state index in [2.05, 4.69) is 10.3 Å². The van der Waals surface area contributed by atoms with Crippen LogP contribution in [0.1, 0.15) is 22.8 Å². The lowest BCUT2D eigenvalue weighted by atomic mass is 10.1. The van der Waals surface area contributed by atoms with Crippen molar-refractivity contribution >= 4 is 51.6 Å². The third kappa shape index (κ3) is 5.50. The molecule has 0 atom stereocenters. The van der Waals surface area contributed by atoms with E-state index in [9.17, 15) is 14.4 Å². The molecule has 6 nitrogen and oxygen atoms in total. The Labute approximate surface area is 199 Å². The highest BCUT2D eigenvalue weighted by Crippen LogP contribution is 2.20. The fraction of sp³-hybridized carbons (Fsp3) is 0.120. The molecular formula is C25H20ClN3O3S. The summed E-state index contributed by atoms with van der Waals surface area (Å²) in [6.45, 7) is 1.80. The lowest BCUT2D eigenvalue weighted by Crippen LogP contribution is -2.24. The van der Waals surface area contributed by atoms with Gasteiger partial charge in [0, 0.05) is 16.3 Å². The number of ketones is 1. The van der Waals surface area contributed by atoms with E-state index in [1.54, 1.807) is 59.2 Å². The summed E-state index contributed by atoms with van der Waals surface area (Å²) >= 11 is 7.18. The molecule has 0 radical (unpaired) electrons. The smallest absolute Gasteiger partial charge is 0.262 e. The van der Waals surface area contributed by atoms with E-state index >= 15 is 0 Å². The maximum atomic E-state index is 13.2. The number of carbonyl (C=O) groups is 2. The number of carbonyl (C=O) groups excluding carboxylic acids is 2. The van der Waals surface area contributed by atoms with Gasteiger partial charge in [-0.1, -0.05) is 47.6 Å². The number of hydrogen-bond acceptors (Lipinski definition) is 5. The van der Waals surface area contributed by atoms with Crippen molar-refractivity contribution in [2.24, 2.45) is 0 Å². The van der Waals surface area contributed by atoms with Crippen LogP contribution in [0.4, 0.5) is 5.69 Å². The third-order valence-electron chi connectivity index (χ3n) is 4.99. The molecule has 0 aliphatic heterocycles. The van der Waals surface area contributed by atoms with E-state index in [1.165, 1.54) is 18.7 Å². The molecule has 1 heterocycles. The summed E-state index contributed by atoms with van der Waals surface area (Å²) in [6.07, 6.45) is 0. The summed E-state index contributed by atoms with van der Waals surface area (Å²) in [5, 5.41) is 4.39. The van der Waals surface area contributed by atoms with Crippen LogP contribution in [0.2, 0.25) is 5.02 Å². The van der Waals surface area contributed by atoms with Crippen LogP contribution < -0.4 is 10.9 Å². The molecule has 0 saturated carbocycles. The highest BCUT2D eigenvalue weighted by atomic mass is 35.5. The maximum Gasteiger partial charge on any atom is 0.262 e. The van der Waals surface area contributed by atoms with Gasteiger partial charge in [0.2, 0.25) is 5.91 Å². The number of hydrogen-bond donors (Lipinski definition) is 1. The molecule has 0 aliphatic rings. The summed E-state index contributed by atoms with van der Waals surface area (Å²) in [4.78, 5) is 41.8. The summed E-state index contributed by atoms with van der Waals surface area (Å²) < 4.78 is 1.57. The number of amides is 1. The number of aromatic nitrogens is 2. The molecule has 0 aliphatic carbocycles. The lowest BCUT2D eigenvalue weighted by Gasteiger charge is -2.13. The van der Waals surface area contributed by atoms with Gasteiger partial charge in [-0.2, -0.15) is 0 Å². The molecule has 3 aromatic carbocycles. The van der Waals surface area contributed by atoms with Gasteiger partial charge in [-0.25, -0.2) is 4.98 Å². The number of halogens is 1. The normalized spacial score (nSPS) is 10.8. The molecule has 4 aromatic rings. The molecule has 0 saturated heterocycles. The van der Waals surface area contributed by atoms with Crippen LogP contribution in [0.3, 0.4) is 0 Å². The Hall–Kier alpha value is -3.42. The Bertz CT molecular complexity index is 1380. The van der Waals surface area contributed by atoms with Crippen molar-refractivity contribution in [1.29, 1.82) is 0 Å². The summed E-state index contributed by atoms with van der Waals surface area (Å²) in [5.41, 5.74) is 2.48. The van der Waals surface area contributed by atoms with Gasteiger partial charge in [0.15, 0.2) is 10.9 Å². The van der Waals surface area contributed by atoms with Gasteiger partial charge in [-0.15, -0.1) is 0 Å². The predicted molar refractivity (Wildman–Crippen MR) is 132 cm³/mol. The molecule has 0 fully saturated rings. The van der Waals surface area contributed by atoms with E-state index in [4.69, 9.17) is 11.6 Å². The van der Waals surface area contributed by atoms with Crippen molar-refractivity contribution in [2.75, 3.05) is 11.1 Å². The zero-order valence-electron chi connectivity index (χ0n) is 17.7. The largest absolute Gasteiger partial charge is 0.325 e. The second-order valence-corrected chi connectivity index (χ2v) is 8.78. The van der Waals surface area contributed by atoms with Gasteiger partial charge < -0.3 is 5.32 Å². The van der Waals surface area contributed by atoms with Crippen molar-refractivity contribution in [3.63, 3.8) is 0 Å². The average molecular weight is 478 g/mol. The monoisotopic (exact) mass is 477 g/mol. The Morgan fingerprint density at radius 1 is 1.00 bits per heavy atom. The number of nitrogens with one attached hydrogen (secondary N) is 1. The molecular weight excluding hydrogens is 458 g/mol. The van der Waals surface area contributed by atoms with Crippen LogP contribution >= 0.6 is 23.4 Å². The van der Waals surface area contributed by atoms with Gasteiger partial charge in [-0.05, 0) is 61.0 Å². The number of fused-ring (bicyclic) bond motifs is 1. The van der Waals surface area contributed by atoms with Gasteiger partial charge in [0.25, 0.3) is 5.56 Å². The van der Waals surface area contributed by atoms with Gasteiger partial charge in [0.05, 0.1) is 23.2 Å².